The number of nitrogens with one attached hydrogen (secondary N) is 1. The fourth-order valence-corrected chi connectivity index (χ4v) is 3.40. The van der Waals surface area contributed by atoms with Gasteiger partial charge in [-0.2, -0.15) is 0 Å². The van der Waals surface area contributed by atoms with Crippen molar-refractivity contribution in [1.82, 2.24) is 15.1 Å². The highest BCUT2D eigenvalue weighted by Gasteiger charge is 2.28. The van der Waals surface area contributed by atoms with E-state index in [9.17, 15) is 0 Å². The van der Waals surface area contributed by atoms with Crippen molar-refractivity contribution in [3.63, 3.8) is 0 Å². The first kappa shape index (κ1) is 13.8. The van der Waals surface area contributed by atoms with Crippen LogP contribution >= 0.6 is 0 Å². The smallest absolute Gasteiger partial charge is 0.0620 e. The molecule has 2 unspecified atom stereocenters. The molecule has 0 saturated carbocycles. The van der Waals surface area contributed by atoms with Crippen molar-refractivity contribution >= 4 is 0 Å². The lowest BCUT2D eigenvalue weighted by Crippen LogP contribution is -2.45. The summed E-state index contributed by atoms with van der Waals surface area (Å²) in [6.45, 7) is 10.6. The van der Waals surface area contributed by atoms with Crippen molar-refractivity contribution in [2.75, 3.05) is 65.7 Å². The van der Waals surface area contributed by atoms with Crippen molar-refractivity contribution in [2.45, 2.75) is 24.9 Å². The second kappa shape index (κ2) is 6.99. The van der Waals surface area contributed by atoms with Crippen LogP contribution in [0.15, 0.2) is 0 Å². The molecule has 0 aromatic rings. The van der Waals surface area contributed by atoms with Crippen LogP contribution in [0.5, 0.6) is 0 Å². The van der Waals surface area contributed by atoms with Crippen LogP contribution in [0.1, 0.15) is 12.8 Å². The highest BCUT2D eigenvalue weighted by atomic mass is 16.5. The molecule has 3 aliphatic heterocycles. The summed E-state index contributed by atoms with van der Waals surface area (Å²) in [7, 11) is 0. The summed E-state index contributed by atoms with van der Waals surface area (Å²) in [5.74, 6) is 0. The van der Waals surface area contributed by atoms with E-state index in [0.29, 0.717) is 6.04 Å². The lowest BCUT2D eigenvalue weighted by molar-refractivity contribution is 0.0182. The zero-order chi connectivity index (χ0) is 12.9. The Morgan fingerprint density at radius 2 is 1.95 bits per heavy atom. The monoisotopic (exact) mass is 269 g/mol. The van der Waals surface area contributed by atoms with Crippen molar-refractivity contribution in [1.29, 1.82) is 0 Å². The SMILES string of the molecule is C1COCC(CCN2CCC(N3CCOCC3)C2)N1. The lowest BCUT2D eigenvalue weighted by Gasteiger charge is -2.32. The topological polar surface area (TPSA) is 37.0 Å². The van der Waals surface area contributed by atoms with Crippen LogP contribution in [0, 0.1) is 0 Å². The minimum absolute atomic E-state index is 0.566. The van der Waals surface area contributed by atoms with Gasteiger partial charge in [0.05, 0.1) is 26.4 Å². The average Bonchev–Trinajstić information content (AvgIpc) is 2.96. The standard InChI is InChI=1S/C14H27N3O2/c1(13-12-19-8-3-15-13)4-16-5-2-14(11-16)17-6-9-18-10-7-17/h13-15H,1-12H2. The van der Waals surface area contributed by atoms with Crippen LogP contribution in [-0.4, -0.2) is 87.6 Å². The minimum atomic E-state index is 0.566. The van der Waals surface area contributed by atoms with Gasteiger partial charge in [-0.25, -0.2) is 0 Å². The molecule has 0 bridgehead atoms. The third-order valence-electron chi connectivity index (χ3n) is 4.60. The summed E-state index contributed by atoms with van der Waals surface area (Å²) in [6.07, 6.45) is 2.55. The zero-order valence-electron chi connectivity index (χ0n) is 11.9. The molecular weight excluding hydrogens is 242 g/mol. The third-order valence-corrected chi connectivity index (χ3v) is 4.60. The van der Waals surface area contributed by atoms with E-state index in [1.807, 2.05) is 0 Å². The number of rotatable bonds is 4. The second-order valence-corrected chi connectivity index (χ2v) is 5.91. The Bertz CT molecular complexity index is 265. The molecule has 2 atom stereocenters. The summed E-state index contributed by atoms with van der Waals surface area (Å²) < 4.78 is 10.9. The van der Waals surface area contributed by atoms with Crippen LogP contribution in [-0.2, 0) is 9.47 Å². The van der Waals surface area contributed by atoms with E-state index in [1.165, 1.54) is 32.5 Å². The molecule has 1 N–H and O–H groups in total. The molecule has 19 heavy (non-hydrogen) atoms. The molecule has 3 rings (SSSR count). The molecule has 5 nitrogen and oxygen atoms in total. The number of ether oxygens (including phenoxy) is 2. The van der Waals surface area contributed by atoms with Gasteiger partial charge in [0.25, 0.3) is 0 Å². The third kappa shape index (κ3) is 3.89. The Hall–Kier alpha value is -0.200. The van der Waals surface area contributed by atoms with Crippen molar-refractivity contribution in [3.05, 3.63) is 0 Å². The maximum absolute atomic E-state index is 5.51. The van der Waals surface area contributed by atoms with E-state index in [4.69, 9.17) is 9.47 Å². The Labute approximate surface area is 116 Å². The van der Waals surface area contributed by atoms with E-state index in [0.717, 1.165) is 52.1 Å². The normalized spacial score (nSPS) is 34.7. The molecule has 5 heteroatoms. The van der Waals surface area contributed by atoms with E-state index in [2.05, 4.69) is 15.1 Å². The number of hydrogen-bond acceptors (Lipinski definition) is 5. The molecule has 0 spiro atoms. The van der Waals surface area contributed by atoms with Gasteiger partial charge in [0, 0.05) is 38.3 Å². The zero-order valence-corrected chi connectivity index (χ0v) is 11.9. The molecular formula is C14H27N3O2. The van der Waals surface area contributed by atoms with Gasteiger partial charge in [0.2, 0.25) is 0 Å². The average molecular weight is 269 g/mol. The molecule has 0 aromatic carbocycles. The van der Waals surface area contributed by atoms with Crippen LogP contribution in [0.4, 0.5) is 0 Å². The molecule has 0 amide bonds. The van der Waals surface area contributed by atoms with Crippen LogP contribution in [0.3, 0.4) is 0 Å². The largest absolute Gasteiger partial charge is 0.379 e. The summed E-state index contributed by atoms with van der Waals surface area (Å²) in [4.78, 5) is 5.24. The molecule has 110 valence electrons. The summed E-state index contributed by atoms with van der Waals surface area (Å²) in [5.41, 5.74) is 0. The van der Waals surface area contributed by atoms with Gasteiger partial charge >= 0.3 is 0 Å². The molecule has 0 radical (unpaired) electrons. The fraction of sp³-hybridized carbons (Fsp3) is 1.00. The first-order chi connectivity index (χ1) is 9.42. The highest BCUT2D eigenvalue weighted by molar-refractivity contribution is 4.85. The number of nitrogens with zero attached hydrogens (tertiary/aromatic N) is 2. The van der Waals surface area contributed by atoms with Crippen LogP contribution in [0.2, 0.25) is 0 Å². The van der Waals surface area contributed by atoms with Gasteiger partial charge in [0.1, 0.15) is 0 Å². The van der Waals surface area contributed by atoms with Gasteiger partial charge in [-0.3, -0.25) is 4.90 Å². The molecule has 3 aliphatic rings. The van der Waals surface area contributed by atoms with E-state index in [1.54, 1.807) is 0 Å². The summed E-state index contributed by atoms with van der Waals surface area (Å²) >= 11 is 0. The van der Waals surface area contributed by atoms with Gasteiger partial charge in [0.15, 0.2) is 0 Å². The van der Waals surface area contributed by atoms with Crippen molar-refractivity contribution in [2.24, 2.45) is 0 Å². The van der Waals surface area contributed by atoms with E-state index in [-0.39, 0.29) is 0 Å². The Morgan fingerprint density at radius 1 is 1.05 bits per heavy atom. The molecule has 0 aliphatic carbocycles. The van der Waals surface area contributed by atoms with Crippen molar-refractivity contribution < 1.29 is 9.47 Å². The number of likely N-dealkylation sites (tertiary alicyclic amines) is 1. The first-order valence-electron chi connectivity index (χ1n) is 7.77. The Kier molecular flexibility index (Phi) is 5.07. The maximum Gasteiger partial charge on any atom is 0.0620 e. The van der Waals surface area contributed by atoms with Crippen LogP contribution < -0.4 is 5.32 Å². The lowest BCUT2D eigenvalue weighted by atomic mass is 10.2. The maximum atomic E-state index is 5.51. The molecule has 3 fully saturated rings. The second-order valence-electron chi connectivity index (χ2n) is 5.91. The molecule has 3 saturated heterocycles. The quantitative estimate of drug-likeness (QED) is 0.763. The van der Waals surface area contributed by atoms with Gasteiger partial charge < -0.3 is 19.7 Å². The predicted molar refractivity (Wildman–Crippen MR) is 74.5 cm³/mol. The summed E-state index contributed by atoms with van der Waals surface area (Å²) in [6, 6.07) is 1.33. The summed E-state index contributed by atoms with van der Waals surface area (Å²) in [5, 5.41) is 3.54. The minimum Gasteiger partial charge on any atom is -0.379 e. The van der Waals surface area contributed by atoms with Gasteiger partial charge in [-0.15, -0.1) is 0 Å². The molecule has 3 heterocycles. The van der Waals surface area contributed by atoms with Crippen LogP contribution in [0.25, 0.3) is 0 Å². The van der Waals surface area contributed by atoms with Gasteiger partial charge in [-0.1, -0.05) is 0 Å². The predicted octanol–water partition coefficient (Wildman–Crippen LogP) is -0.229. The Balaban J connectivity index is 1.36. The number of hydrogen-bond donors (Lipinski definition) is 1. The molecule has 0 aromatic heterocycles. The van der Waals surface area contributed by atoms with E-state index < -0.39 is 0 Å². The van der Waals surface area contributed by atoms with Crippen molar-refractivity contribution in [3.8, 4) is 0 Å². The first-order valence-corrected chi connectivity index (χ1v) is 7.77. The number of morpholine rings is 2. The van der Waals surface area contributed by atoms with E-state index >= 15 is 0 Å². The van der Waals surface area contributed by atoms with Gasteiger partial charge in [-0.05, 0) is 25.9 Å². The fourth-order valence-electron chi connectivity index (χ4n) is 3.40. The Morgan fingerprint density at radius 3 is 2.74 bits per heavy atom. The highest BCUT2D eigenvalue weighted by Crippen LogP contribution is 2.17.